The Morgan fingerprint density at radius 3 is 2.60 bits per heavy atom. The molecule has 0 saturated carbocycles. The summed E-state index contributed by atoms with van der Waals surface area (Å²) < 4.78 is 10.00. The quantitative estimate of drug-likeness (QED) is 0.668. The highest BCUT2D eigenvalue weighted by atomic mass is 16.6. The maximum absolute atomic E-state index is 11.4. The molecule has 0 aliphatic carbocycles. The van der Waals surface area contributed by atoms with E-state index in [1.165, 1.54) is 6.92 Å². The predicted molar refractivity (Wildman–Crippen MR) is 53.9 cm³/mol. The van der Waals surface area contributed by atoms with Crippen molar-refractivity contribution >= 4 is 11.9 Å². The number of hydrogen-bond acceptors (Lipinski definition) is 4. The Morgan fingerprint density at radius 2 is 2.13 bits per heavy atom. The third-order valence-corrected chi connectivity index (χ3v) is 2.29. The fraction of sp³-hybridized carbons (Fsp3) is 0.636. The van der Waals surface area contributed by atoms with Gasteiger partial charge >= 0.3 is 11.9 Å². The van der Waals surface area contributed by atoms with Crippen LogP contribution in [0.5, 0.6) is 0 Å². The van der Waals surface area contributed by atoms with E-state index in [-0.39, 0.29) is 11.9 Å². The average Bonchev–Trinajstić information content (AvgIpc) is 2.43. The zero-order chi connectivity index (χ0) is 11.4. The van der Waals surface area contributed by atoms with Gasteiger partial charge in [-0.05, 0) is 12.8 Å². The normalized spacial score (nSPS) is 20.5. The minimum Gasteiger partial charge on any atom is -0.452 e. The Balaban J connectivity index is 2.88. The van der Waals surface area contributed by atoms with Gasteiger partial charge in [-0.25, -0.2) is 4.79 Å². The molecule has 4 heteroatoms. The van der Waals surface area contributed by atoms with Crippen molar-refractivity contribution in [2.45, 2.75) is 46.1 Å². The fourth-order valence-corrected chi connectivity index (χ4v) is 1.67. The van der Waals surface area contributed by atoms with Crippen LogP contribution in [-0.4, -0.2) is 18.0 Å². The van der Waals surface area contributed by atoms with Crippen molar-refractivity contribution in [3.8, 4) is 0 Å². The Kier molecular flexibility index (Phi) is 3.88. The van der Waals surface area contributed by atoms with Crippen LogP contribution >= 0.6 is 0 Å². The van der Waals surface area contributed by atoms with Crippen LogP contribution in [0, 0.1) is 0 Å². The van der Waals surface area contributed by atoms with Gasteiger partial charge in [-0.15, -0.1) is 0 Å². The van der Waals surface area contributed by atoms with E-state index in [9.17, 15) is 9.59 Å². The van der Waals surface area contributed by atoms with Crippen molar-refractivity contribution in [1.29, 1.82) is 0 Å². The molecule has 1 heterocycles. The van der Waals surface area contributed by atoms with E-state index in [0.29, 0.717) is 6.42 Å². The van der Waals surface area contributed by atoms with Crippen LogP contribution in [0.25, 0.3) is 0 Å². The standard InChI is InChI=1S/C11H16O4/c1-4-6-9-8(5-2)10(11(13)15-9)14-7(3)12/h9H,4-6H2,1-3H3. The summed E-state index contributed by atoms with van der Waals surface area (Å²) in [7, 11) is 0. The van der Waals surface area contributed by atoms with Crippen LogP contribution in [0.1, 0.15) is 40.0 Å². The summed E-state index contributed by atoms with van der Waals surface area (Å²) in [6.07, 6.45) is 2.16. The van der Waals surface area contributed by atoms with Crippen LogP contribution in [-0.2, 0) is 19.1 Å². The summed E-state index contributed by atoms with van der Waals surface area (Å²) in [5, 5.41) is 0. The molecule has 1 aliphatic rings. The van der Waals surface area contributed by atoms with Gasteiger partial charge in [-0.2, -0.15) is 0 Å². The SMILES string of the molecule is CCCC1OC(=O)C(OC(C)=O)=C1CC. The molecular formula is C11H16O4. The molecule has 0 aromatic rings. The molecule has 0 fully saturated rings. The van der Waals surface area contributed by atoms with Crippen LogP contribution in [0.2, 0.25) is 0 Å². The van der Waals surface area contributed by atoms with E-state index in [4.69, 9.17) is 9.47 Å². The summed E-state index contributed by atoms with van der Waals surface area (Å²) in [4.78, 5) is 22.2. The van der Waals surface area contributed by atoms with E-state index < -0.39 is 11.9 Å². The predicted octanol–water partition coefficient (Wildman–Crippen LogP) is 1.94. The Hall–Kier alpha value is -1.32. The number of carbonyl (C=O) groups is 2. The van der Waals surface area contributed by atoms with E-state index in [1.54, 1.807) is 0 Å². The maximum atomic E-state index is 11.4. The van der Waals surface area contributed by atoms with Crippen LogP contribution < -0.4 is 0 Å². The topological polar surface area (TPSA) is 52.6 Å². The average molecular weight is 212 g/mol. The monoisotopic (exact) mass is 212 g/mol. The number of rotatable bonds is 4. The van der Waals surface area contributed by atoms with Gasteiger partial charge in [0.25, 0.3) is 0 Å². The first-order valence-electron chi connectivity index (χ1n) is 5.22. The smallest absolute Gasteiger partial charge is 0.375 e. The van der Waals surface area contributed by atoms with Crippen molar-refractivity contribution in [2.75, 3.05) is 0 Å². The Morgan fingerprint density at radius 1 is 1.47 bits per heavy atom. The number of ether oxygens (including phenoxy) is 2. The zero-order valence-electron chi connectivity index (χ0n) is 9.33. The second kappa shape index (κ2) is 4.96. The fourth-order valence-electron chi connectivity index (χ4n) is 1.67. The zero-order valence-corrected chi connectivity index (χ0v) is 9.33. The molecule has 1 unspecified atom stereocenters. The first kappa shape index (κ1) is 11.8. The lowest BCUT2D eigenvalue weighted by Crippen LogP contribution is -2.10. The number of hydrogen-bond donors (Lipinski definition) is 0. The molecule has 0 bridgehead atoms. The lowest BCUT2D eigenvalue weighted by Gasteiger charge is -2.10. The third-order valence-electron chi connectivity index (χ3n) is 2.29. The minimum atomic E-state index is -0.513. The molecular weight excluding hydrogens is 196 g/mol. The number of carbonyl (C=O) groups excluding carboxylic acids is 2. The third kappa shape index (κ3) is 2.58. The highest BCUT2D eigenvalue weighted by Gasteiger charge is 2.34. The lowest BCUT2D eigenvalue weighted by atomic mass is 10.0. The highest BCUT2D eigenvalue weighted by Crippen LogP contribution is 2.28. The molecule has 0 aromatic heterocycles. The molecule has 0 amide bonds. The first-order chi connectivity index (χ1) is 7.10. The lowest BCUT2D eigenvalue weighted by molar-refractivity contribution is -0.149. The molecule has 4 nitrogen and oxygen atoms in total. The second-order valence-corrected chi connectivity index (χ2v) is 3.48. The molecule has 0 saturated heterocycles. The Bertz CT molecular complexity index is 304. The summed E-state index contributed by atoms with van der Waals surface area (Å²) in [5.74, 6) is -0.894. The number of cyclic esters (lactones) is 1. The first-order valence-corrected chi connectivity index (χ1v) is 5.22. The summed E-state index contributed by atoms with van der Waals surface area (Å²) in [6, 6.07) is 0. The molecule has 1 atom stereocenters. The van der Waals surface area contributed by atoms with Gasteiger partial charge in [0.15, 0.2) is 0 Å². The van der Waals surface area contributed by atoms with Gasteiger partial charge in [0.2, 0.25) is 5.76 Å². The van der Waals surface area contributed by atoms with Crippen molar-refractivity contribution in [2.24, 2.45) is 0 Å². The molecule has 0 spiro atoms. The summed E-state index contributed by atoms with van der Waals surface area (Å²) >= 11 is 0. The van der Waals surface area contributed by atoms with E-state index in [1.807, 2.05) is 13.8 Å². The van der Waals surface area contributed by atoms with Crippen LogP contribution in [0.3, 0.4) is 0 Å². The summed E-state index contributed by atoms with van der Waals surface area (Å²) in [6.45, 7) is 5.22. The van der Waals surface area contributed by atoms with E-state index >= 15 is 0 Å². The van der Waals surface area contributed by atoms with E-state index in [2.05, 4.69) is 0 Å². The second-order valence-electron chi connectivity index (χ2n) is 3.48. The largest absolute Gasteiger partial charge is 0.452 e. The molecule has 0 aromatic carbocycles. The van der Waals surface area contributed by atoms with Crippen molar-refractivity contribution < 1.29 is 19.1 Å². The molecule has 0 N–H and O–H groups in total. The van der Waals surface area contributed by atoms with E-state index in [0.717, 1.165) is 18.4 Å². The van der Waals surface area contributed by atoms with Gasteiger partial charge in [-0.3, -0.25) is 4.79 Å². The molecule has 1 rings (SSSR count). The molecule has 0 radical (unpaired) electrons. The van der Waals surface area contributed by atoms with Crippen molar-refractivity contribution in [3.05, 3.63) is 11.3 Å². The minimum absolute atomic E-state index is 0.100. The maximum Gasteiger partial charge on any atom is 0.375 e. The van der Waals surface area contributed by atoms with Crippen molar-refractivity contribution in [1.82, 2.24) is 0 Å². The van der Waals surface area contributed by atoms with Crippen molar-refractivity contribution in [3.63, 3.8) is 0 Å². The van der Waals surface area contributed by atoms with Gasteiger partial charge in [0.05, 0.1) is 0 Å². The molecule has 15 heavy (non-hydrogen) atoms. The van der Waals surface area contributed by atoms with Crippen LogP contribution in [0.4, 0.5) is 0 Å². The van der Waals surface area contributed by atoms with Gasteiger partial charge in [0, 0.05) is 12.5 Å². The molecule has 1 aliphatic heterocycles. The van der Waals surface area contributed by atoms with Gasteiger partial charge in [-0.1, -0.05) is 20.3 Å². The summed E-state index contributed by atoms with van der Waals surface area (Å²) in [5.41, 5.74) is 0.803. The molecule has 84 valence electrons. The Labute approximate surface area is 89.2 Å². The number of esters is 2. The van der Waals surface area contributed by atoms with Gasteiger partial charge < -0.3 is 9.47 Å². The van der Waals surface area contributed by atoms with Gasteiger partial charge in [0.1, 0.15) is 6.10 Å². The highest BCUT2D eigenvalue weighted by molar-refractivity contribution is 5.92. The van der Waals surface area contributed by atoms with Crippen LogP contribution in [0.15, 0.2) is 11.3 Å².